The summed E-state index contributed by atoms with van der Waals surface area (Å²) in [5.41, 5.74) is 0. The van der Waals surface area contributed by atoms with Crippen molar-refractivity contribution in [3.8, 4) is 0 Å². The molecule has 0 radical (unpaired) electrons. The van der Waals surface area contributed by atoms with Crippen molar-refractivity contribution in [3.05, 3.63) is 0 Å². The van der Waals surface area contributed by atoms with Crippen molar-refractivity contribution in [3.63, 3.8) is 0 Å². The number of cyclic esters (lactones) is 1. The van der Waals surface area contributed by atoms with Crippen LogP contribution >= 0.6 is 0 Å². The largest absolute Gasteiger partial charge is 0.481 e. The number of ether oxygens (including phenoxy) is 1. The van der Waals surface area contributed by atoms with Crippen molar-refractivity contribution in [1.82, 2.24) is 37.2 Å². The quantitative estimate of drug-likeness (QED) is 0.0465. The molecule has 20 nitrogen and oxygen atoms in total. The molecule has 1 aliphatic heterocycles. The third kappa shape index (κ3) is 26.9. The van der Waals surface area contributed by atoms with E-state index in [-0.39, 0.29) is 62.2 Å². The van der Waals surface area contributed by atoms with Gasteiger partial charge in [-0.25, -0.2) is 4.79 Å². The van der Waals surface area contributed by atoms with E-state index in [4.69, 9.17) is 4.74 Å². The smallest absolute Gasteiger partial charge is 0.328 e. The molecule has 1 fully saturated rings. The van der Waals surface area contributed by atoms with Crippen molar-refractivity contribution in [2.75, 3.05) is 0 Å². The molecule has 1 heterocycles. The fraction of sp³-hybridized carbons (Fsp3) is 0.808. The standard InChI is InChI=1S/C52H91N7O13/c1-12-13-14-15-16-17-18-19-20-21-35-28-42(60)53-36(22-23-43(61)62)46(65)54-37(24-30(2)3)47(66)56-39(26-32(6)7)50(69)59-45(34(10)11)51(70)57-40(29-44(63)64)49(68)55-38(25-31(4)5)48(67)58-41(27-33(8)9)52(71)72-35/h30-41,45H,12-29H2,1-11H3,(H,53,60)(H,54,65)(H,55,68)(H,56,66)(H,57,70)(H,58,67)(H,59,69)(H,61,62)(H,63,64)/t35?,36-,37?,38+,39+,40?,41?,45-/m0/s1. The first-order valence-corrected chi connectivity index (χ1v) is 26.5. The molecule has 0 saturated carbocycles. The SMILES string of the molecule is CCCCCCCCCCCC1CC(=O)N[C@@H](CCC(=O)O)C(=O)NC(CC(C)C)C(=O)N[C@H](CC(C)C)C(=O)N[C@@H](C(C)C)C(=O)NC(CC(=O)O)C(=O)N[C@H](CC(C)C)C(=O)NC(CC(C)C)C(=O)O1. The second-order valence-corrected chi connectivity index (χ2v) is 21.6. The minimum Gasteiger partial charge on any atom is -0.481 e. The summed E-state index contributed by atoms with van der Waals surface area (Å²) in [4.78, 5) is 136. The highest BCUT2D eigenvalue weighted by atomic mass is 16.5. The molecule has 0 bridgehead atoms. The molecule has 1 saturated heterocycles. The zero-order valence-electron chi connectivity index (χ0n) is 45.1. The van der Waals surface area contributed by atoms with Crippen LogP contribution in [-0.4, -0.2) is 118 Å². The Bertz CT molecular complexity index is 1770. The van der Waals surface area contributed by atoms with Crippen LogP contribution in [0.1, 0.15) is 192 Å². The number of rotatable bonds is 24. The van der Waals surface area contributed by atoms with Crippen molar-refractivity contribution in [2.45, 2.75) is 240 Å². The highest BCUT2D eigenvalue weighted by Crippen LogP contribution is 2.19. The first-order chi connectivity index (χ1) is 33.7. The average molecular weight is 1020 g/mol. The number of aliphatic carboxylic acids is 2. The van der Waals surface area contributed by atoms with Gasteiger partial charge >= 0.3 is 17.9 Å². The van der Waals surface area contributed by atoms with Gasteiger partial charge in [0.15, 0.2) is 0 Å². The topological polar surface area (TPSA) is 305 Å². The van der Waals surface area contributed by atoms with Gasteiger partial charge in [-0.05, 0) is 74.5 Å². The van der Waals surface area contributed by atoms with Gasteiger partial charge in [0.05, 0.1) is 12.8 Å². The first-order valence-electron chi connectivity index (χ1n) is 26.5. The van der Waals surface area contributed by atoms with E-state index in [1.54, 1.807) is 55.4 Å². The molecule has 1 aliphatic rings. The average Bonchev–Trinajstić information content (AvgIpc) is 3.26. The number of amides is 7. The Morgan fingerprint density at radius 3 is 1.29 bits per heavy atom. The molecule has 7 amide bonds. The molecule has 0 aliphatic carbocycles. The molecule has 72 heavy (non-hydrogen) atoms. The van der Waals surface area contributed by atoms with E-state index in [9.17, 15) is 58.2 Å². The fourth-order valence-corrected chi connectivity index (χ4v) is 8.45. The van der Waals surface area contributed by atoms with Crippen molar-refractivity contribution < 1.29 is 62.9 Å². The summed E-state index contributed by atoms with van der Waals surface area (Å²) in [6.07, 6.45) is 6.23. The van der Waals surface area contributed by atoms with Gasteiger partial charge < -0.3 is 52.2 Å². The number of carbonyl (C=O) groups is 10. The third-order valence-electron chi connectivity index (χ3n) is 12.2. The van der Waals surface area contributed by atoms with E-state index in [2.05, 4.69) is 44.1 Å². The summed E-state index contributed by atoms with van der Waals surface area (Å²) < 4.78 is 6.03. The lowest BCUT2D eigenvalue weighted by Crippen LogP contribution is -2.61. The van der Waals surface area contributed by atoms with E-state index < -0.39 is 133 Å². The summed E-state index contributed by atoms with van der Waals surface area (Å²) in [5, 5.41) is 37.9. The zero-order chi connectivity index (χ0) is 54.7. The van der Waals surface area contributed by atoms with Gasteiger partial charge in [0, 0.05) is 6.42 Å². The molecule has 4 unspecified atom stereocenters. The van der Waals surface area contributed by atoms with Gasteiger partial charge in [-0.3, -0.25) is 43.2 Å². The Labute approximate surface area is 428 Å². The van der Waals surface area contributed by atoms with Gasteiger partial charge in [-0.15, -0.1) is 0 Å². The Morgan fingerprint density at radius 1 is 0.472 bits per heavy atom. The summed E-state index contributed by atoms with van der Waals surface area (Å²) >= 11 is 0. The normalized spacial score (nSPS) is 24.1. The molecular weight excluding hydrogens is 931 g/mol. The van der Waals surface area contributed by atoms with E-state index >= 15 is 0 Å². The van der Waals surface area contributed by atoms with E-state index in [1.807, 2.05) is 13.8 Å². The Balaban J connectivity index is 3.97. The highest BCUT2D eigenvalue weighted by molar-refractivity contribution is 5.98. The Morgan fingerprint density at radius 2 is 0.861 bits per heavy atom. The third-order valence-corrected chi connectivity index (χ3v) is 12.2. The second kappa shape index (κ2) is 34.2. The van der Waals surface area contributed by atoms with Crippen LogP contribution in [0, 0.1) is 29.6 Å². The van der Waals surface area contributed by atoms with E-state index in [0.29, 0.717) is 6.42 Å². The van der Waals surface area contributed by atoms with Crippen LogP contribution in [0.25, 0.3) is 0 Å². The summed E-state index contributed by atoms with van der Waals surface area (Å²) in [7, 11) is 0. The molecule has 0 aromatic carbocycles. The zero-order valence-corrected chi connectivity index (χ0v) is 45.1. The molecule has 1 rings (SSSR count). The van der Waals surface area contributed by atoms with Crippen LogP contribution in [0.5, 0.6) is 0 Å². The van der Waals surface area contributed by atoms with Gasteiger partial charge in [0.25, 0.3) is 0 Å². The monoisotopic (exact) mass is 1020 g/mol. The number of nitrogens with one attached hydrogen (secondary N) is 7. The molecule has 0 aromatic heterocycles. The molecule has 9 N–H and O–H groups in total. The first kappa shape index (κ1) is 64.7. The maximum atomic E-state index is 14.2. The minimum atomic E-state index is -1.72. The summed E-state index contributed by atoms with van der Waals surface area (Å²) in [6.45, 7) is 19.8. The van der Waals surface area contributed by atoms with Gasteiger partial charge in [-0.2, -0.15) is 0 Å². The minimum absolute atomic E-state index is 0.0401. The number of hydrogen-bond donors (Lipinski definition) is 9. The number of carbonyl (C=O) groups excluding carboxylic acids is 8. The summed E-state index contributed by atoms with van der Waals surface area (Å²) in [6, 6.07) is -9.63. The lowest BCUT2D eigenvalue weighted by atomic mass is 9.98. The highest BCUT2D eigenvalue weighted by Gasteiger charge is 2.37. The Kier molecular flexibility index (Phi) is 30.7. The van der Waals surface area contributed by atoms with Gasteiger partial charge in [-0.1, -0.05) is 128 Å². The fourth-order valence-electron chi connectivity index (χ4n) is 8.45. The Hall–Kier alpha value is -5.30. The van der Waals surface area contributed by atoms with Crippen LogP contribution in [-0.2, 0) is 52.7 Å². The lowest BCUT2D eigenvalue weighted by Gasteiger charge is -2.29. The predicted octanol–water partition coefficient (Wildman–Crippen LogP) is 4.80. The molecule has 0 spiro atoms. The van der Waals surface area contributed by atoms with Crippen LogP contribution in [0.4, 0.5) is 0 Å². The van der Waals surface area contributed by atoms with Gasteiger partial charge in [0.1, 0.15) is 48.4 Å². The molecule has 0 aromatic rings. The number of carboxylic acids is 2. The number of carboxylic acid groups (broad SMARTS) is 2. The summed E-state index contributed by atoms with van der Waals surface area (Å²) in [5.74, 6) is -10.8. The van der Waals surface area contributed by atoms with Crippen LogP contribution < -0.4 is 37.2 Å². The molecular formula is C52H91N7O13. The van der Waals surface area contributed by atoms with E-state index in [1.165, 1.54) is 12.8 Å². The van der Waals surface area contributed by atoms with E-state index in [0.717, 1.165) is 38.5 Å². The molecule has 20 heteroatoms. The lowest BCUT2D eigenvalue weighted by molar-refractivity contribution is -0.155. The number of unbranched alkanes of at least 4 members (excludes halogenated alkanes) is 8. The second-order valence-electron chi connectivity index (χ2n) is 21.6. The predicted molar refractivity (Wildman–Crippen MR) is 272 cm³/mol. The van der Waals surface area contributed by atoms with Crippen molar-refractivity contribution in [2.24, 2.45) is 29.6 Å². The van der Waals surface area contributed by atoms with Gasteiger partial charge in [0.2, 0.25) is 41.4 Å². The maximum absolute atomic E-state index is 14.2. The van der Waals surface area contributed by atoms with Crippen LogP contribution in [0.15, 0.2) is 0 Å². The molecule has 412 valence electrons. The maximum Gasteiger partial charge on any atom is 0.328 e. The van der Waals surface area contributed by atoms with Crippen LogP contribution in [0.3, 0.4) is 0 Å². The van der Waals surface area contributed by atoms with Crippen molar-refractivity contribution in [1.29, 1.82) is 0 Å². The number of hydrogen-bond acceptors (Lipinski definition) is 11. The number of esters is 1. The van der Waals surface area contributed by atoms with Crippen LogP contribution in [0.2, 0.25) is 0 Å². The molecule has 8 atom stereocenters. The van der Waals surface area contributed by atoms with Crippen molar-refractivity contribution >= 4 is 59.3 Å².